The van der Waals surface area contributed by atoms with Crippen molar-refractivity contribution in [3.05, 3.63) is 17.0 Å². The van der Waals surface area contributed by atoms with Crippen LogP contribution in [-0.4, -0.2) is 41.4 Å². The number of anilines is 1. The molecule has 0 bridgehead atoms. The highest BCUT2D eigenvalue weighted by atomic mass is 32.1. The van der Waals surface area contributed by atoms with Gasteiger partial charge in [-0.2, -0.15) is 0 Å². The number of hydrogen-bond acceptors (Lipinski definition) is 4. The summed E-state index contributed by atoms with van der Waals surface area (Å²) >= 11 is 1.24. The van der Waals surface area contributed by atoms with E-state index >= 15 is 0 Å². The number of carbonyl (C=O) groups excluding carboxylic acids is 2. The van der Waals surface area contributed by atoms with Crippen LogP contribution in [0.25, 0.3) is 0 Å². The Morgan fingerprint density at radius 1 is 1.38 bits per heavy atom. The molecule has 1 fully saturated rings. The first-order valence-electron chi connectivity index (χ1n) is 6.85. The van der Waals surface area contributed by atoms with E-state index in [1.807, 2.05) is 0 Å². The molecule has 2 N–H and O–H groups in total. The van der Waals surface area contributed by atoms with Crippen LogP contribution in [0.5, 0.6) is 0 Å². The maximum Gasteiger partial charge on any atom is 0.303 e. The summed E-state index contributed by atoms with van der Waals surface area (Å²) in [7, 11) is 1.65. The van der Waals surface area contributed by atoms with Gasteiger partial charge in [-0.25, -0.2) is 0 Å². The molecular weight excluding hydrogens is 292 g/mol. The number of carboxylic acid groups (broad SMARTS) is 1. The molecule has 1 aromatic heterocycles. The van der Waals surface area contributed by atoms with Gasteiger partial charge in [0.1, 0.15) is 0 Å². The standard InChI is InChI=1S/C14H18N2O4S/c1-16(8-2-3-12(17)18)14(20)10-6-7-11(21-10)15-13(19)9-4-5-9/h6-7,9H,2-5,8H2,1H3,(H,15,19)(H,17,18). The summed E-state index contributed by atoms with van der Waals surface area (Å²) in [6.07, 6.45) is 2.35. The van der Waals surface area contributed by atoms with Crippen molar-refractivity contribution >= 4 is 34.1 Å². The summed E-state index contributed by atoms with van der Waals surface area (Å²) in [5.41, 5.74) is 0. The first-order chi connectivity index (χ1) is 9.97. The van der Waals surface area contributed by atoms with Gasteiger partial charge in [0, 0.05) is 25.9 Å². The zero-order valence-electron chi connectivity index (χ0n) is 11.8. The van der Waals surface area contributed by atoms with Crippen LogP contribution < -0.4 is 5.32 Å². The van der Waals surface area contributed by atoms with Gasteiger partial charge in [-0.1, -0.05) is 0 Å². The monoisotopic (exact) mass is 310 g/mol. The smallest absolute Gasteiger partial charge is 0.303 e. The average molecular weight is 310 g/mol. The minimum absolute atomic E-state index is 0.0191. The first-order valence-corrected chi connectivity index (χ1v) is 7.67. The van der Waals surface area contributed by atoms with Crippen molar-refractivity contribution in [2.45, 2.75) is 25.7 Å². The second kappa shape index (κ2) is 6.71. The second-order valence-electron chi connectivity index (χ2n) is 5.15. The Morgan fingerprint density at radius 2 is 2.10 bits per heavy atom. The predicted octanol–water partition coefficient (Wildman–Crippen LogP) is 2.03. The lowest BCUT2D eigenvalue weighted by atomic mass is 10.3. The Labute approximate surface area is 126 Å². The SMILES string of the molecule is CN(CCCC(=O)O)C(=O)c1ccc(NC(=O)C2CC2)s1. The largest absolute Gasteiger partial charge is 0.481 e. The maximum absolute atomic E-state index is 12.1. The number of carboxylic acids is 1. The van der Waals surface area contributed by atoms with Crippen molar-refractivity contribution in [3.63, 3.8) is 0 Å². The molecule has 114 valence electrons. The molecule has 1 aliphatic carbocycles. The molecule has 0 spiro atoms. The molecule has 0 atom stereocenters. The third kappa shape index (κ3) is 4.56. The number of nitrogens with one attached hydrogen (secondary N) is 1. The van der Waals surface area contributed by atoms with Gasteiger partial charge in [0.05, 0.1) is 9.88 Å². The van der Waals surface area contributed by atoms with E-state index in [2.05, 4.69) is 5.32 Å². The third-order valence-corrected chi connectivity index (χ3v) is 4.23. The average Bonchev–Trinajstić information content (AvgIpc) is 3.18. The molecule has 6 nitrogen and oxygen atoms in total. The molecule has 2 amide bonds. The Morgan fingerprint density at radius 3 is 2.71 bits per heavy atom. The van der Waals surface area contributed by atoms with Crippen molar-refractivity contribution in [2.24, 2.45) is 5.92 Å². The third-order valence-electron chi connectivity index (χ3n) is 3.24. The zero-order chi connectivity index (χ0) is 15.4. The van der Waals surface area contributed by atoms with Crippen LogP contribution in [0.4, 0.5) is 5.00 Å². The van der Waals surface area contributed by atoms with Gasteiger partial charge < -0.3 is 15.3 Å². The lowest BCUT2D eigenvalue weighted by Gasteiger charge is -2.15. The van der Waals surface area contributed by atoms with Crippen LogP contribution >= 0.6 is 11.3 Å². The van der Waals surface area contributed by atoms with Gasteiger partial charge in [-0.3, -0.25) is 14.4 Å². The maximum atomic E-state index is 12.1. The van der Waals surface area contributed by atoms with Gasteiger partial charge in [-0.05, 0) is 31.4 Å². The van der Waals surface area contributed by atoms with Gasteiger partial charge in [0.15, 0.2) is 0 Å². The van der Waals surface area contributed by atoms with E-state index in [1.165, 1.54) is 16.2 Å². The summed E-state index contributed by atoms with van der Waals surface area (Å²) in [5, 5.41) is 12.1. The second-order valence-corrected chi connectivity index (χ2v) is 6.24. The highest BCUT2D eigenvalue weighted by molar-refractivity contribution is 7.18. The van der Waals surface area contributed by atoms with E-state index in [0.717, 1.165) is 12.8 Å². The van der Waals surface area contributed by atoms with Crippen molar-refractivity contribution in [3.8, 4) is 0 Å². The van der Waals surface area contributed by atoms with Gasteiger partial charge in [0.25, 0.3) is 5.91 Å². The molecule has 0 aliphatic heterocycles. The number of amides is 2. The minimum atomic E-state index is -0.864. The number of nitrogens with zero attached hydrogens (tertiary/aromatic N) is 1. The molecule has 7 heteroatoms. The van der Waals surface area contributed by atoms with E-state index in [4.69, 9.17) is 5.11 Å². The number of thiophene rings is 1. The van der Waals surface area contributed by atoms with Crippen molar-refractivity contribution in [1.82, 2.24) is 4.90 Å². The number of hydrogen-bond donors (Lipinski definition) is 2. The van der Waals surface area contributed by atoms with Crippen molar-refractivity contribution in [1.29, 1.82) is 0 Å². The van der Waals surface area contributed by atoms with Crippen LogP contribution in [0.15, 0.2) is 12.1 Å². The van der Waals surface area contributed by atoms with Crippen LogP contribution in [0.2, 0.25) is 0 Å². The van der Waals surface area contributed by atoms with Gasteiger partial charge in [-0.15, -0.1) is 11.3 Å². The number of aliphatic carboxylic acids is 1. The summed E-state index contributed by atoms with van der Waals surface area (Å²) in [5.74, 6) is -0.870. The van der Waals surface area contributed by atoms with E-state index in [1.54, 1.807) is 19.2 Å². The summed E-state index contributed by atoms with van der Waals surface area (Å²) in [6, 6.07) is 3.41. The molecule has 0 saturated heterocycles. The number of carbonyl (C=O) groups is 3. The molecule has 0 unspecified atom stereocenters. The predicted molar refractivity (Wildman–Crippen MR) is 79.5 cm³/mol. The summed E-state index contributed by atoms with van der Waals surface area (Å²) in [4.78, 5) is 36.3. The quantitative estimate of drug-likeness (QED) is 0.807. The molecule has 21 heavy (non-hydrogen) atoms. The molecule has 1 aromatic rings. The minimum Gasteiger partial charge on any atom is -0.481 e. The Kier molecular flexibility index (Phi) is 4.95. The van der Waals surface area contributed by atoms with E-state index in [0.29, 0.717) is 22.8 Å². The Bertz CT molecular complexity index is 551. The van der Waals surface area contributed by atoms with E-state index < -0.39 is 5.97 Å². The van der Waals surface area contributed by atoms with Crippen molar-refractivity contribution in [2.75, 3.05) is 18.9 Å². The summed E-state index contributed by atoms with van der Waals surface area (Å²) < 4.78 is 0. The highest BCUT2D eigenvalue weighted by Crippen LogP contribution is 2.31. The van der Waals surface area contributed by atoms with Gasteiger partial charge >= 0.3 is 5.97 Å². The molecule has 1 aliphatic rings. The highest BCUT2D eigenvalue weighted by Gasteiger charge is 2.30. The molecule has 1 saturated carbocycles. The normalized spacial score (nSPS) is 13.8. The summed E-state index contributed by atoms with van der Waals surface area (Å²) in [6.45, 7) is 0.396. The van der Waals surface area contributed by atoms with E-state index in [-0.39, 0.29) is 24.2 Å². The molecule has 0 radical (unpaired) electrons. The van der Waals surface area contributed by atoms with Gasteiger partial charge in [0.2, 0.25) is 5.91 Å². The fourth-order valence-corrected chi connectivity index (χ4v) is 2.75. The van der Waals surface area contributed by atoms with Crippen LogP contribution in [-0.2, 0) is 9.59 Å². The number of rotatable bonds is 7. The zero-order valence-corrected chi connectivity index (χ0v) is 12.6. The molecule has 2 rings (SSSR count). The van der Waals surface area contributed by atoms with Crippen molar-refractivity contribution < 1.29 is 19.5 Å². The molecule has 1 heterocycles. The molecule has 0 aromatic carbocycles. The fourth-order valence-electron chi connectivity index (χ4n) is 1.85. The van der Waals surface area contributed by atoms with Crippen LogP contribution in [0, 0.1) is 5.92 Å². The Balaban J connectivity index is 1.85. The lowest BCUT2D eigenvalue weighted by molar-refractivity contribution is -0.137. The first kappa shape index (κ1) is 15.5. The van der Waals surface area contributed by atoms with Crippen LogP contribution in [0.3, 0.4) is 0 Å². The fraction of sp³-hybridized carbons (Fsp3) is 0.500. The molecular formula is C14H18N2O4S. The van der Waals surface area contributed by atoms with Crippen LogP contribution in [0.1, 0.15) is 35.4 Å². The topological polar surface area (TPSA) is 86.7 Å². The van der Waals surface area contributed by atoms with E-state index in [9.17, 15) is 14.4 Å². The lowest BCUT2D eigenvalue weighted by Crippen LogP contribution is -2.27. The Hall–Kier alpha value is -1.89.